The second-order valence-corrected chi connectivity index (χ2v) is 7.55. The molecule has 0 aliphatic heterocycles. The van der Waals surface area contributed by atoms with Crippen molar-refractivity contribution in [2.45, 2.75) is 71.6 Å². The molecule has 0 aromatic heterocycles. The Balaban J connectivity index is 4.70. The van der Waals surface area contributed by atoms with E-state index in [-0.39, 0.29) is 19.4 Å². The molecule has 0 fully saturated rings. The lowest BCUT2D eigenvalue weighted by atomic mass is 10.1. The van der Waals surface area contributed by atoms with E-state index in [4.69, 9.17) is 14.2 Å². The standard InChI is InChI=1S/C16H28N2O9/c1-15(2,3)26-13(20)11(17-14(21)27-16(4,5)6)7-8-12(19)24-9-10-25-18(22)23/h11H,7-10H2,1-6H3,(H,17,21)/t11-/m0/s1. The van der Waals surface area contributed by atoms with Gasteiger partial charge in [-0.05, 0) is 48.0 Å². The molecule has 0 spiro atoms. The zero-order valence-corrected chi connectivity index (χ0v) is 16.5. The highest BCUT2D eigenvalue weighted by Crippen LogP contribution is 2.13. The second-order valence-electron chi connectivity index (χ2n) is 7.55. The molecule has 0 aromatic rings. The molecule has 156 valence electrons. The van der Waals surface area contributed by atoms with E-state index in [9.17, 15) is 24.5 Å². The SMILES string of the molecule is CC(C)(C)OC(=O)N[C@@H](CCC(=O)OCCO[N+](=O)[O-])C(=O)OC(C)(C)C. The van der Waals surface area contributed by atoms with Crippen LogP contribution in [0.3, 0.4) is 0 Å². The fourth-order valence-corrected chi connectivity index (χ4v) is 1.67. The third-order valence-corrected chi connectivity index (χ3v) is 2.56. The Morgan fingerprint density at radius 1 is 1.00 bits per heavy atom. The predicted octanol–water partition coefficient (Wildman–Crippen LogP) is 1.75. The largest absolute Gasteiger partial charge is 0.464 e. The van der Waals surface area contributed by atoms with Crippen LogP contribution in [0.1, 0.15) is 54.4 Å². The van der Waals surface area contributed by atoms with E-state index in [0.717, 1.165) is 0 Å². The van der Waals surface area contributed by atoms with Crippen LogP contribution in [-0.4, -0.2) is 53.6 Å². The number of nitrogens with one attached hydrogen (secondary N) is 1. The fourth-order valence-electron chi connectivity index (χ4n) is 1.67. The Morgan fingerprint density at radius 2 is 1.56 bits per heavy atom. The first-order chi connectivity index (χ1) is 12.2. The summed E-state index contributed by atoms with van der Waals surface area (Å²) in [4.78, 5) is 49.9. The lowest BCUT2D eigenvalue weighted by molar-refractivity contribution is -0.757. The van der Waals surface area contributed by atoms with E-state index < -0.39 is 47.0 Å². The first-order valence-corrected chi connectivity index (χ1v) is 8.35. The minimum atomic E-state index is -1.12. The van der Waals surface area contributed by atoms with E-state index in [1.807, 2.05) is 0 Å². The van der Waals surface area contributed by atoms with Gasteiger partial charge in [0.1, 0.15) is 30.5 Å². The Morgan fingerprint density at radius 3 is 2.04 bits per heavy atom. The molecular formula is C16H28N2O9. The Hall–Kier alpha value is -2.59. The Labute approximate surface area is 157 Å². The highest BCUT2D eigenvalue weighted by Gasteiger charge is 2.29. The number of carbonyl (C=O) groups is 3. The first-order valence-electron chi connectivity index (χ1n) is 8.35. The molecule has 0 aliphatic rings. The van der Waals surface area contributed by atoms with E-state index in [2.05, 4.69) is 10.2 Å². The van der Waals surface area contributed by atoms with Gasteiger partial charge in [0.05, 0.1) is 0 Å². The van der Waals surface area contributed by atoms with Crippen LogP contribution < -0.4 is 5.32 Å². The molecule has 1 atom stereocenters. The van der Waals surface area contributed by atoms with Gasteiger partial charge in [-0.2, -0.15) is 0 Å². The van der Waals surface area contributed by atoms with Crippen molar-refractivity contribution in [2.75, 3.05) is 13.2 Å². The smallest absolute Gasteiger partial charge is 0.408 e. The molecule has 1 N–H and O–H groups in total. The molecule has 1 amide bonds. The van der Waals surface area contributed by atoms with Gasteiger partial charge in [0.15, 0.2) is 0 Å². The van der Waals surface area contributed by atoms with Crippen LogP contribution in [0.2, 0.25) is 0 Å². The molecule has 0 saturated carbocycles. The molecule has 0 unspecified atom stereocenters. The van der Waals surface area contributed by atoms with E-state index >= 15 is 0 Å². The minimum Gasteiger partial charge on any atom is -0.464 e. The second kappa shape index (κ2) is 10.5. The molecule has 0 radical (unpaired) electrons. The number of nitrogens with zero attached hydrogens (tertiary/aromatic N) is 1. The maximum atomic E-state index is 12.3. The quantitative estimate of drug-likeness (QED) is 0.204. The maximum Gasteiger partial charge on any atom is 0.408 e. The van der Waals surface area contributed by atoms with Crippen LogP contribution >= 0.6 is 0 Å². The van der Waals surface area contributed by atoms with Crippen LogP contribution in [0.5, 0.6) is 0 Å². The summed E-state index contributed by atoms with van der Waals surface area (Å²) in [6, 6.07) is -1.12. The van der Waals surface area contributed by atoms with Crippen LogP contribution in [-0.2, 0) is 28.6 Å². The molecule has 0 rings (SSSR count). The average molecular weight is 392 g/mol. The van der Waals surface area contributed by atoms with Crippen molar-refractivity contribution in [1.82, 2.24) is 5.32 Å². The average Bonchev–Trinajstić information content (AvgIpc) is 2.43. The number of rotatable bonds is 9. The third kappa shape index (κ3) is 14.3. The van der Waals surface area contributed by atoms with Crippen LogP contribution in [0.4, 0.5) is 4.79 Å². The summed E-state index contributed by atoms with van der Waals surface area (Å²) in [5.41, 5.74) is -1.55. The highest BCUT2D eigenvalue weighted by molar-refractivity contribution is 5.82. The number of hydrogen-bond acceptors (Lipinski definition) is 9. The van der Waals surface area contributed by atoms with E-state index in [1.165, 1.54) is 0 Å². The van der Waals surface area contributed by atoms with Gasteiger partial charge in [-0.25, -0.2) is 9.59 Å². The van der Waals surface area contributed by atoms with Crippen molar-refractivity contribution < 1.29 is 38.5 Å². The summed E-state index contributed by atoms with van der Waals surface area (Å²) in [5, 5.41) is 11.4. The topological polar surface area (TPSA) is 143 Å². The lowest BCUT2D eigenvalue weighted by Gasteiger charge is -2.26. The molecule has 0 bridgehead atoms. The molecule has 0 saturated heterocycles. The fraction of sp³-hybridized carbons (Fsp3) is 0.812. The van der Waals surface area contributed by atoms with Gasteiger partial charge in [-0.1, -0.05) is 0 Å². The molecule has 11 nitrogen and oxygen atoms in total. The lowest BCUT2D eigenvalue weighted by Crippen LogP contribution is -2.46. The van der Waals surface area contributed by atoms with Gasteiger partial charge < -0.3 is 24.4 Å². The van der Waals surface area contributed by atoms with Crippen molar-refractivity contribution in [3.63, 3.8) is 0 Å². The van der Waals surface area contributed by atoms with Crippen molar-refractivity contribution in [3.8, 4) is 0 Å². The van der Waals surface area contributed by atoms with Crippen LogP contribution in [0.15, 0.2) is 0 Å². The minimum absolute atomic E-state index is 0.0942. The normalized spacial score (nSPS) is 12.5. The van der Waals surface area contributed by atoms with Crippen LogP contribution in [0.25, 0.3) is 0 Å². The van der Waals surface area contributed by atoms with Gasteiger partial charge in [0, 0.05) is 6.42 Å². The number of amides is 1. The number of alkyl carbamates (subject to hydrolysis) is 1. The summed E-state index contributed by atoms with van der Waals surface area (Å²) in [7, 11) is 0. The summed E-state index contributed by atoms with van der Waals surface area (Å²) in [6.07, 6.45) is -1.15. The Kier molecular flexibility index (Phi) is 9.52. The van der Waals surface area contributed by atoms with Gasteiger partial charge in [-0.15, -0.1) is 10.1 Å². The molecule has 0 aliphatic carbocycles. The summed E-state index contributed by atoms with van der Waals surface area (Å²) < 4.78 is 15.1. The highest BCUT2D eigenvalue weighted by atomic mass is 17.0. The van der Waals surface area contributed by atoms with Crippen LogP contribution in [0, 0.1) is 10.1 Å². The van der Waals surface area contributed by atoms with Gasteiger partial charge in [-0.3, -0.25) is 4.79 Å². The monoisotopic (exact) mass is 392 g/mol. The molecule has 27 heavy (non-hydrogen) atoms. The van der Waals surface area contributed by atoms with Gasteiger partial charge in [0.25, 0.3) is 5.09 Å². The molecule has 0 aromatic carbocycles. The number of ether oxygens (including phenoxy) is 3. The molecule has 0 heterocycles. The number of esters is 2. The first kappa shape index (κ1) is 24.4. The van der Waals surface area contributed by atoms with E-state index in [0.29, 0.717) is 0 Å². The molecular weight excluding hydrogens is 364 g/mol. The van der Waals surface area contributed by atoms with Crippen molar-refractivity contribution >= 4 is 18.0 Å². The predicted molar refractivity (Wildman–Crippen MR) is 92.1 cm³/mol. The summed E-state index contributed by atoms with van der Waals surface area (Å²) in [6.45, 7) is 9.29. The Bertz CT molecular complexity index is 535. The molecule has 11 heteroatoms. The number of hydrogen-bond donors (Lipinski definition) is 1. The summed E-state index contributed by atoms with van der Waals surface area (Å²) in [5.74, 6) is -1.43. The van der Waals surface area contributed by atoms with Gasteiger partial charge >= 0.3 is 18.0 Å². The zero-order chi connectivity index (χ0) is 21.3. The van der Waals surface area contributed by atoms with E-state index in [1.54, 1.807) is 41.5 Å². The van der Waals surface area contributed by atoms with Gasteiger partial charge in [0.2, 0.25) is 0 Å². The zero-order valence-electron chi connectivity index (χ0n) is 16.5. The third-order valence-electron chi connectivity index (χ3n) is 2.56. The maximum absolute atomic E-state index is 12.3. The van der Waals surface area contributed by atoms with Crippen molar-refractivity contribution in [1.29, 1.82) is 0 Å². The number of carbonyl (C=O) groups excluding carboxylic acids is 3. The van der Waals surface area contributed by atoms with Crippen molar-refractivity contribution in [2.24, 2.45) is 0 Å². The summed E-state index contributed by atoms with van der Waals surface area (Å²) >= 11 is 0. The van der Waals surface area contributed by atoms with Crippen molar-refractivity contribution in [3.05, 3.63) is 10.1 Å².